The minimum absolute atomic E-state index is 0.130. The van der Waals surface area contributed by atoms with E-state index in [4.69, 9.17) is 4.74 Å². The molecule has 0 aliphatic rings. The number of carbonyl (C=O) groups excluding carboxylic acids is 1. The first-order valence-corrected chi connectivity index (χ1v) is 3.98. The van der Waals surface area contributed by atoms with E-state index in [1.165, 1.54) is 6.33 Å². The van der Waals surface area contributed by atoms with Crippen LogP contribution < -0.4 is 5.32 Å². The van der Waals surface area contributed by atoms with Gasteiger partial charge in [0.2, 0.25) is 0 Å². The maximum Gasteiger partial charge on any atom is 0.325 e. The largest absolute Gasteiger partial charge is 0.465 e. The molecule has 0 bridgehead atoms. The second kappa shape index (κ2) is 5.08. The number of nitrogens with zero attached hydrogens (tertiary/aromatic N) is 2. The Morgan fingerprint density at radius 3 is 3.15 bits per heavy atom. The Kier molecular flexibility index (Phi) is 3.69. The molecule has 13 heavy (non-hydrogen) atoms. The van der Waals surface area contributed by atoms with Gasteiger partial charge in [0.1, 0.15) is 18.7 Å². The maximum absolute atomic E-state index is 10.9. The Hall–Kier alpha value is -1.65. The van der Waals surface area contributed by atoms with Crippen molar-refractivity contribution >= 4 is 11.8 Å². The highest BCUT2D eigenvalue weighted by Crippen LogP contribution is 1.96. The highest BCUT2D eigenvalue weighted by molar-refractivity contribution is 5.74. The fourth-order valence-electron chi connectivity index (χ4n) is 0.770. The van der Waals surface area contributed by atoms with Crippen LogP contribution in [0.5, 0.6) is 0 Å². The molecule has 0 saturated heterocycles. The Bertz CT molecular complexity index is 263. The molecule has 1 aromatic heterocycles. The van der Waals surface area contributed by atoms with Crippen LogP contribution in [0.2, 0.25) is 0 Å². The van der Waals surface area contributed by atoms with Crippen molar-refractivity contribution in [3.8, 4) is 0 Å². The summed E-state index contributed by atoms with van der Waals surface area (Å²) in [4.78, 5) is 18.5. The molecule has 0 aliphatic carbocycles. The smallest absolute Gasteiger partial charge is 0.325 e. The average molecular weight is 181 g/mol. The molecular formula is C8H11N3O2. The lowest BCUT2D eigenvalue weighted by Crippen LogP contribution is -2.17. The van der Waals surface area contributed by atoms with Crippen LogP contribution in [0.15, 0.2) is 18.6 Å². The summed E-state index contributed by atoms with van der Waals surface area (Å²) in [6, 6.07) is 1.68. The van der Waals surface area contributed by atoms with Gasteiger partial charge in [-0.1, -0.05) is 0 Å². The van der Waals surface area contributed by atoms with Gasteiger partial charge in [-0.3, -0.25) is 4.79 Å². The van der Waals surface area contributed by atoms with E-state index in [0.717, 1.165) is 0 Å². The van der Waals surface area contributed by atoms with Crippen LogP contribution >= 0.6 is 0 Å². The molecule has 0 fully saturated rings. The van der Waals surface area contributed by atoms with Crippen LogP contribution in [0.25, 0.3) is 0 Å². The monoisotopic (exact) mass is 181 g/mol. The summed E-state index contributed by atoms with van der Waals surface area (Å²) >= 11 is 0. The first-order chi connectivity index (χ1) is 6.33. The lowest BCUT2D eigenvalue weighted by Gasteiger charge is -2.03. The van der Waals surface area contributed by atoms with Gasteiger partial charge in [-0.2, -0.15) is 0 Å². The van der Waals surface area contributed by atoms with E-state index in [2.05, 4.69) is 15.3 Å². The molecule has 0 spiro atoms. The number of ether oxygens (including phenoxy) is 1. The summed E-state index contributed by atoms with van der Waals surface area (Å²) < 4.78 is 4.72. The number of anilines is 1. The predicted molar refractivity (Wildman–Crippen MR) is 47.2 cm³/mol. The van der Waals surface area contributed by atoms with E-state index in [0.29, 0.717) is 12.4 Å². The van der Waals surface area contributed by atoms with Gasteiger partial charge in [-0.05, 0) is 13.0 Å². The SMILES string of the molecule is CCOC(=O)CNc1ccncn1. The molecule has 0 atom stereocenters. The zero-order valence-electron chi connectivity index (χ0n) is 7.36. The third-order valence-corrected chi connectivity index (χ3v) is 1.30. The van der Waals surface area contributed by atoms with E-state index in [-0.39, 0.29) is 12.5 Å². The van der Waals surface area contributed by atoms with Crippen LogP contribution in [-0.2, 0) is 9.53 Å². The van der Waals surface area contributed by atoms with E-state index in [9.17, 15) is 4.79 Å². The summed E-state index contributed by atoms with van der Waals surface area (Å²) in [7, 11) is 0. The fraction of sp³-hybridized carbons (Fsp3) is 0.375. The molecule has 0 aliphatic heterocycles. The van der Waals surface area contributed by atoms with Crippen molar-refractivity contribution in [2.75, 3.05) is 18.5 Å². The Morgan fingerprint density at radius 1 is 1.69 bits per heavy atom. The van der Waals surface area contributed by atoms with E-state index < -0.39 is 0 Å². The van der Waals surface area contributed by atoms with Gasteiger partial charge >= 0.3 is 5.97 Å². The van der Waals surface area contributed by atoms with Crippen molar-refractivity contribution in [2.45, 2.75) is 6.92 Å². The van der Waals surface area contributed by atoms with Crippen LogP contribution in [0.3, 0.4) is 0 Å². The summed E-state index contributed by atoms with van der Waals surface area (Å²) in [5, 5.41) is 2.80. The molecule has 0 unspecified atom stereocenters. The van der Waals surface area contributed by atoms with Gasteiger partial charge in [-0.15, -0.1) is 0 Å². The number of esters is 1. The van der Waals surface area contributed by atoms with Gasteiger partial charge in [0.05, 0.1) is 6.61 Å². The van der Waals surface area contributed by atoms with Gasteiger partial charge in [0.15, 0.2) is 0 Å². The fourth-order valence-corrected chi connectivity index (χ4v) is 0.770. The van der Waals surface area contributed by atoms with Gasteiger partial charge in [0, 0.05) is 6.20 Å². The Labute approximate surface area is 76.2 Å². The van der Waals surface area contributed by atoms with E-state index >= 15 is 0 Å². The molecule has 5 heteroatoms. The standard InChI is InChI=1S/C8H11N3O2/c1-2-13-8(12)5-10-7-3-4-9-6-11-7/h3-4,6H,2,5H2,1H3,(H,9,10,11). The highest BCUT2D eigenvalue weighted by Gasteiger charge is 2.00. The topological polar surface area (TPSA) is 64.1 Å². The Balaban J connectivity index is 2.31. The molecule has 70 valence electrons. The van der Waals surface area contributed by atoms with E-state index in [1.54, 1.807) is 19.2 Å². The molecule has 0 amide bonds. The zero-order chi connectivity index (χ0) is 9.52. The quantitative estimate of drug-likeness (QED) is 0.683. The molecule has 1 rings (SSSR count). The van der Waals surface area contributed by atoms with Crippen molar-refractivity contribution in [3.05, 3.63) is 18.6 Å². The number of hydrogen-bond donors (Lipinski definition) is 1. The number of aromatic nitrogens is 2. The summed E-state index contributed by atoms with van der Waals surface area (Å²) in [5.74, 6) is 0.323. The maximum atomic E-state index is 10.9. The van der Waals surface area contributed by atoms with Crippen LogP contribution in [0, 0.1) is 0 Å². The van der Waals surface area contributed by atoms with Crippen molar-refractivity contribution < 1.29 is 9.53 Å². The van der Waals surface area contributed by atoms with Crippen molar-refractivity contribution in [1.82, 2.24) is 9.97 Å². The first kappa shape index (κ1) is 9.44. The lowest BCUT2D eigenvalue weighted by molar-refractivity contribution is -0.140. The van der Waals surface area contributed by atoms with Gasteiger partial charge in [0.25, 0.3) is 0 Å². The molecule has 1 heterocycles. The third kappa shape index (κ3) is 3.50. The van der Waals surface area contributed by atoms with Crippen molar-refractivity contribution in [1.29, 1.82) is 0 Å². The molecule has 5 nitrogen and oxygen atoms in total. The number of rotatable bonds is 4. The van der Waals surface area contributed by atoms with Crippen molar-refractivity contribution in [3.63, 3.8) is 0 Å². The lowest BCUT2D eigenvalue weighted by atomic mass is 10.5. The average Bonchev–Trinajstić information content (AvgIpc) is 2.17. The third-order valence-electron chi connectivity index (χ3n) is 1.30. The predicted octanol–water partition coefficient (Wildman–Crippen LogP) is 0.452. The summed E-state index contributed by atoms with van der Waals surface area (Å²) in [5.41, 5.74) is 0. The normalized spacial score (nSPS) is 9.31. The van der Waals surface area contributed by atoms with Gasteiger partial charge in [-0.25, -0.2) is 9.97 Å². The first-order valence-electron chi connectivity index (χ1n) is 3.98. The number of hydrogen-bond acceptors (Lipinski definition) is 5. The second-order valence-corrected chi connectivity index (χ2v) is 2.25. The molecule has 0 radical (unpaired) electrons. The Morgan fingerprint density at radius 2 is 2.54 bits per heavy atom. The van der Waals surface area contributed by atoms with Crippen molar-refractivity contribution in [2.24, 2.45) is 0 Å². The zero-order valence-corrected chi connectivity index (χ0v) is 7.36. The van der Waals surface area contributed by atoms with Crippen LogP contribution in [-0.4, -0.2) is 29.1 Å². The molecule has 1 aromatic rings. The number of nitrogens with one attached hydrogen (secondary N) is 1. The van der Waals surface area contributed by atoms with Gasteiger partial charge < -0.3 is 10.1 Å². The highest BCUT2D eigenvalue weighted by atomic mass is 16.5. The van der Waals surface area contributed by atoms with E-state index in [1.807, 2.05) is 0 Å². The summed E-state index contributed by atoms with van der Waals surface area (Å²) in [6.07, 6.45) is 3.01. The summed E-state index contributed by atoms with van der Waals surface area (Å²) in [6.45, 7) is 2.29. The molecule has 0 saturated carbocycles. The molecule has 0 aromatic carbocycles. The molecule has 1 N–H and O–H groups in total. The molecular weight excluding hydrogens is 170 g/mol. The van der Waals surface area contributed by atoms with Crippen LogP contribution in [0.4, 0.5) is 5.82 Å². The minimum atomic E-state index is -0.291. The second-order valence-electron chi connectivity index (χ2n) is 2.25. The van der Waals surface area contributed by atoms with Crippen LogP contribution in [0.1, 0.15) is 6.92 Å². The minimum Gasteiger partial charge on any atom is -0.465 e. The number of carbonyl (C=O) groups is 1.